The van der Waals surface area contributed by atoms with Gasteiger partial charge in [-0.25, -0.2) is 0 Å². The molecular weight excluding hydrogens is 246 g/mol. The summed E-state index contributed by atoms with van der Waals surface area (Å²) in [6.07, 6.45) is 3.86. The van der Waals surface area contributed by atoms with Crippen molar-refractivity contribution in [2.45, 2.75) is 71.4 Å². The van der Waals surface area contributed by atoms with Gasteiger partial charge >= 0.3 is 0 Å². The molecular formula is C18H29NO. The molecule has 1 N–H and O–H groups in total. The van der Waals surface area contributed by atoms with Crippen LogP contribution < -0.4 is 10.1 Å². The third-order valence-electron chi connectivity index (χ3n) is 4.02. The van der Waals surface area contributed by atoms with Crippen LogP contribution in [-0.4, -0.2) is 18.7 Å². The van der Waals surface area contributed by atoms with Gasteiger partial charge in [-0.3, -0.25) is 0 Å². The third kappa shape index (κ3) is 3.76. The Bertz CT molecular complexity index is 441. The van der Waals surface area contributed by atoms with Gasteiger partial charge in [-0.1, -0.05) is 39.8 Å². The summed E-state index contributed by atoms with van der Waals surface area (Å²) >= 11 is 0. The Hall–Kier alpha value is -1.02. The number of aryl methyl sites for hydroxylation is 1. The molecule has 0 aromatic heterocycles. The topological polar surface area (TPSA) is 21.3 Å². The van der Waals surface area contributed by atoms with Gasteiger partial charge in [0.25, 0.3) is 0 Å². The average Bonchev–Trinajstić information content (AvgIpc) is 2.30. The summed E-state index contributed by atoms with van der Waals surface area (Å²) in [6.45, 7) is 12.2. The molecule has 0 atom stereocenters. The van der Waals surface area contributed by atoms with Crippen molar-refractivity contribution in [3.05, 3.63) is 29.3 Å². The lowest BCUT2D eigenvalue weighted by Gasteiger charge is -2.37. The van der Waals surface area contributed by atoms with Gasteiger partial charge in [-0.15, -0.1) is 0 Å². The van der Waals surface area contributed by atoms with Gasteiger partial charge < -0.3 is 10.1 Å². The third-order valence-corrected chi connectivity index (χ3v) is 4.02. The molecule has 0 aliphatic heterocycles. The van der Waals surface area contributed by atoms with E-state index >= 15 is 0 Å². The van der Waals surface area contributed by atoms with Crippen molar-refractivity contribution < 1.29 is 4.74 Å². The van der Waals surface area contributed by atoms with Crippen molar-refractivity contribution in [1.82, 2.24) is 5.32 Å². The fourth-order valence-electron chi connectivity index (χ4n) is 2.70. The summed E-state index contributed by atoms with van der Waals surface area (Å²) < 4.78 is 6.26. The van der Waals surface area contributed by atoms with Crippen molar-refractivity contribution in [2.75, 3.05) is 6.54 Å². The van der Waals surface area contributed by atoms with E-state index in [-0.39, 0.29) is 5.41 Å². The van der Waals surface area contributed by atoms with Crippen LogP contribution in [0.15, 0.2) is 18.2 Å². The Labute approximate surface area is 123 Å². The zero-order valence-electron chi connectivity index (χ0n) is 13.6. The number of hydrogen-bond donors (Lipinski definition) is 1. The second-order valence-electron chi connectivity index (χ2n) is 7.11. The molecule has 1 aromatic rings. The average molecular weight is 275 g/mol. The Morgan fingerprint density at radius 2 is 1.95 bits per heavy atom. The van der Waals surface area contributed by atoms with Crippen LogP contribution in [0.5, 0.6) is 5.75 Å². The SMILES string of the molecule is CCCNC1CC(Oc2cc(C)ccc2C(C)(C)C)C1. The maximum Gasteiger partial charge on any atom is 0.123 e. The van der Waals surface area contributed by atoms with E-state index in [1.165, 1.54) is 17.5 Å². The van der Waals surface area contributed by atoms with Crippen LogP contribution in [-0.2, 0) is 5.41 Å². The highest BCUT2D eigenvalue weighted by atomic mass is 16.5. The molecule has 0 spiro atoms. The summed E-state index contributed by atoms with van der Waals surface area (Å²) in [5.41, 5.74) is 2.72. The zero-order valence-corrected chi connectivity index (χ0v) is 13.6. The Morgan fingerprint density at radius 1 is 1.25 bits per heavy atom. The van der Waals surface area contributed by atoms with Crippen LogP contribution in [0.2, 0.25) is 0 Å². The number of hydrogen-bond acceptors (Lipinski definition) is 2. The lowest BCUT2D eigenvalue weighted by atomic mass is 9.85. The van der Waals surface area contributed by atoms with Gasteiger partial charge in [0.15, 0.2) is 0 Å². The maximum atomic E-state index is 6.26. The number of nitrogens with one attached hydrogen (secondary N) is 1. The Kier molecular flexibility index (Phi) is 4.74. The van der Waals surface area contributed by atoms with Gasteiger partial charge in [-0.2, -0.15) is 0 Å². The second-order valence-corrected chi connectivity index (χ2v) is 7.11. The molecule has 0 radical (unpaired) electrons. The van der Waals surface area contributed by atoms with E-state index in [1.54, 1.807) is 0 Å². The molecule has 0 bridgehead atoms. The summed E-state index contributed by atoms with van der Waals surface area (Å²) in [5, 5.41) is 3.56. The van der Waals surface area contributed by atoms with E-state index in [0.29, 0.717) is 12.1 Å². The molecule has 0 heterocycles. The fraction of sp³-hybridized carbons (Fsp3) is 0.667. The summed E-state index contributed by atoms with van der Waals surface area (Å²) in [6, 6.07) is 7.24. The molecule has 1 aliphatic rings. The van der Waals surface area contributed by atoms with Crippen LogP contribution in [0, 0.1) is 6.92 Å². The maximum absolute atomic E-state index is 6.26. The molecule has 1 aliphatic carbocycles. The van der Waals surface area contributed by atoms with Gasteiger partial charge in [0, 0.05) is 6.04 Å². The first-order valence-corrected chi connectivity index (χ1v) is 7.91. The minimum Gasteiger partial charge on any atom is -0.490 e. The van der Waals surface area contributed by atoms with Gasteiger partial charge in [0.1, 0.15) is 11.9 Å². The molecule has 0 unspecified atom stereocenters. The molecule has 2 heteroatoms. The number of benzene rings is 1. The molecule has 1 fully saturated rings. The first-order valence-electron chi connectivity index (χ1n) is 7.91. The quantitative estimate of drug-likeness (QED) is 0.869. The van der Waals surface area contributed by atoms with Crippen LogP contribution in [0.3, 0.4) is 0 Å². The lowest BCUT2D eigenvalue weighted by molar-refractivity contribution is 0.0833. The van der Waals surface area contributed by atoms with E-state index in [2.05, 4.69) is 58.1 Å². The standard InChI is InChI=1S/C18H29NO/c1-6-9-19-14-11-15(12-14)20-17-10-13(2)7-8-16(17)18(3,4)5/h7-8,10,14-15,19H,6,9,11-12H2,1-5H3. The van der Waals surface area contributed by atoms with Crippen LogP contribution in [0.4, 0.5) is 0 Å². The molecule has 1 saturated carbocycles. The van der Waals surface area contributed by atoms with E-state index in [0.717, 1.165) is 25.1 Å². The molecule has 112 valence electrons. The normalized spacial score (nSPS) is 22.4. The van der Waals surface area contributed by atoms with Gasteiger partial charge in [-0.05, 0) is 55.3 Å². The summed E-state index contributed by atoms with van der Waals surface area (Å²) in [5.74, 6) is 1.08. The van der Waals surface area contributed by atoms with Crippen molar-refractivity contribution in [3.63, 3.8) is 0 Å². The highest BCUT2D eigenvalue weighted by molar-refractivity contribution is 5.41. The van der Waals surface area contributed by atoms with Gasteiger partial charge in [0.05, 0.1) is 0 Å². The molecule has 2 rings (SSSR count). The highest BCUT2D eigenvalue weighted by Crippen LogP contribution is 2.35. The second kappa shape index (κ2) is 6.17. The van der Waals surface area contributed by atoms with E-state index < -0.39 is 0 Å². The largest absolute Gasteiger partial charge is 0.490 e. The minimum atomic E-state index is 0.132. The molecule has 1 aromatic carbocycles. The minimum absolute atomic E-state index is 0.132. The molecule has 20 heavy (non-hydrogen) atoms. The van der Waals surface area contributed by atoms with E-state index in [9.17, 15) is 0 Å². The van der Waals surface area contributed by atoms with Crippen LogP contribution in [0.1, 0.15) is 58.1 Å². The highest BCUT2D eigenvalue weighted by Gasteiger charge is 2.31. The van der Waals surface area contributed by atoms with Crippen molar-refractivity contribution in [3.8, 4) is 5.75 Å². The predicted octanol–water partition coefficient (Wildman–Crippen LogP) is 4.20. The summed E-state index contributed by atoms with van der Waals surface area (Å²) in [7, 11) is 0. The Morgan fingerprint density at radius 3 is 2.55 bits per heavy atom. The van der Waals surface area contributed by atoms with Crippen molar-refractivity contribution in [2.24, 2.45) is 0 Å². The van der Waals surface area contributed by atoms with Crippen LogP contribution >= 0.6 is 0 Å². The monoisotopic (exact) mass is 275 g/mol. The fourth-order valence-corrected chi connectivity index (χ4v) is 2.70. The molecule has 0 amide bonds. The number of rotatable bonds is 5. The first-order chi connectivity index (χ1) is 9.40. The number of ether oxygens (including phenoxy) is 1. The lowest BCUT2D eigenvalue weighted by Crippen LogP contribution is -2.47. The van der Waals surface area contributed by atoms with Crippen molar-refractivity contribution >= 4 is 0 Å². The van der Waals surface area contributed by atoms with Crippen LogP contribution in [0.25, 0.3) is 0 Å². The summed E-state index contributed by atoms with van der Waals surface area (Å²) in [4.78, 5) is 0. The van der Waals surface area contributed by atoms with Gasteiger partial charge in [0.2, 0.25) is 0 Å². The predicted molar refractivity (Wildman–Crippen MR) is 85.6 cm³/mol. The Balaban J connectivity index is 1.98. The van der Waals surface area contributed by atoms with E-state index in [4.69, 9.17) is 4.74 Å². The van der Waals surface area contributed by atoms with E-state index in [1.807, 2.05) is 0 Å². The van der Waals surface area contributed by atoms with Crippen molar-refractivity contribution in [1.29, 1.82) is 0 Å². The molecule has 2 nitrogen and oxygen atoms in total. The first kappa shape index (κ1) is 15.4. The smallest absolute Gasteiger partial charge is 0.123 e. The zero-order chi connectivity index (χ0) is 14.8. The molecule has 0 saturated heterocycles.